The van der Waals surface area contributed by atoms with Crippen molar-refractivity contribution in [1.29, 1.82) is 0 Å². The van der Waals surface area contributed by atoms with E-state index >= 15 is 0 Å². The van der Waals surface area contributed by atoms with Crippen molar-refractivity contribution >= 4 is 11.9 Å². The van der Waals surface area contributed by atoms with Gasteiger partial charge in [-0.3, -0.25) is 4.79 Å². The maximum atomic E-state index is 12.4. The number of rotatable bonds is 2. The predicted molar refractivity (Wildman–Crippen MR) is 76.3 cm³/mol. The van der Waals surface area contributed by atoms with Gasteiger partial charge >= 0.3 is 5.97 Å². The van der Waals surface area contributed by atoms with Crippen LogP contribution in [0.4, 0.5) is 0 Å². The molecular weight excluding hydrogens is 254 g/mol. The van der Waals surface area contributed by atoms with Gasteiger partial charge in [-0.05, 0) is 45.7 Å². The van der Waals surface area contributed by atoms with Crippen LogP contribution in [-0.4, -0.2) is 35.0 Å². The van der Waals surface area contributed by atoms with E-state index in [0.29, 0.717) is 18.5 Å². The van der Waals surface area contributed by atoms with E-state index in [1.807, 2.05) is 39.0 Å². The summed E-state index contributed by atoms with van der Waals surface area (Å²) in [6.07, 6.45) is 1.51. The van der Waals surface area contributed by atoms with Gasteiger partial charge in [0.15, 0.2) is 0 Å². The van der Waals surface area contributed by atoms with Gasteiger partial charge in [-0.25, -0.2) is 4.79 Å². The zero-order valence-corrected chi connectivity index (χ0v) is 12.3. The molecule has 1 saturated heterocycles. The first-order valence-corrected chi connectivity index (χ1v) is 6.97. The molecule has 4 nitrogen and oxygen atoms in total. The zero-order chi connectivity index (χ0) is 14.8. The van der Waals surface area contributed by atoms with Gasteiger partial charge in [0.05, 0.1) is 0 Å². The number of hydrogen-bond acceptors (Lipinski definition) is 3. The average Bonchev–Trinajstić information content (AvgIpc) is 2.86. The first kappa shape index (κ1) is 14.6. The van der Waals surface area contributed by atoms with E-state index in [-0.39, 0.29) is 11.9 Å². The third kappa shape index (κ3) is 3.38. The fraction of sp³-hybridized carbons (Fsp3) is 0.500. The number of hydrogen-bond donors (Lipinski definition) is 0. The highest BCUT2D eigenvalue weighted by atomic mass is 16.6. The van der Waals surface area contributed by atoms with Crippen molar-refractivity contribution < 1.29 is 14.3 Å². The van der Waals surface area contributed by atoms with Crippen LogP contribution >= 0.6 is 0 Å². The van der Waals surface area contributed by atoms with Crippen molar-refractivity contribution in [2.75, 3.05) is 6.54 Å². The Hall–Kier alpha value is -1.84. The Morgan fingerprint density at radius 2 is 1.85 bits per heavy atom. The molecule has 1 aliphatic heterocycles. The number of likely N-dealkylation sites (tertiary alicyclic amines) is 1. The fourth-order valence-corrected chi connectivity index (χ4v) is 2.37. The van der Waals surface area contributed by atoms with E-state index in [2.05, 4.69) is 0 Å². The van der Waals surface area contributed by atoms with Crippen molar-refractivity contribution in [2.24, 2.45) is 0 Å². The minimum absolute atomic E-state index is 0.0982. The van der Waals surface area contributed by atoms with E-state index in [1.165, 1.54) is 0 Å². The SMILES string of the molecule is CC(C)(C)OC(=O)C1CCCN1C(=O)c1ccccc1. The molecular formula is C16H21NO3. The summed E-state index contributed by atoms with van der Waals surface area (Å²) in [5.41, 5.74) is 0.0872. The highest BCUT2D eigenvalue weighted by Crippen LogP contribution is 2.23. The predicted octanol–water partition coefficient (Wildman–Crippen LogP) is 2.63. The van der Waals surface area contributed by atoms with Crippen LogP contribution in [0.5, 0.6) is 0 Å². The van der Waals surface area contributed by atoms with E-state index < -0.39 is 11.6 Å². The lowest BCUT2D eigenvalue weighted by Gasteiger charge is -2.27. The Morgan fingerprint density at radius 1 is 1.20 bits per heavy atom. The first-order chi connectivity index (χ1) is 9.38. The van der Waals surface area contributed by atoms with Gasteiger partial charge in [-0.15, -0.1) is 0 Å². The maximum absolute atomic E-state index is 12.4. The van der Waals surface area contributed by atoms with Crippen LogP contribution in [0.3, 0.4) is 0 Å². The number of benzene rings is 1. The Kier molecular flexibility index (Phi) is 4.12. The van der Waals surface area contributed by atoms with Crippen LogP contribution in [0.25, 0.3) is 0 Å². The fourth-order valence-electron chi connectivity index (χ4n) is 2.37. The first-order valence-electron chi connectivity index (χ1n) is 6.97. The second kappa shape index (κ2) is 5.65. The molecule has 0 aliphatic carbocycles. The van der Waals surface area contributed by atoms with Gasteiger partial charge < -0.3 is 9.64 Å². The summed E-state index contributed by atoms with van der Waals surface area (Å²) >= 11 is 0. The monoisotopic (exact) mass is 275 g/mol. The highest BCUT2D eigenvalue weighted by Gasteiger charge is 2.37. The van der Waals surface area contributed by atoms with E-state index in [4.69, 9.17) is 4.74 Å². The molecule has 1 aromatic carbocycles. The number of ether oxygens (including phenoxy) is 1. The van der Waals surface area contributed by atoms with Crippen LogP contribution < -0.4 is 0 Å². The Bertz CT molecular complexity index is 490. The molecule has 1 amide bonds. The molecule has 0 radical (unpaired) electrons. The lowest BCUT2D eigenvalue weighted by Crippen LogP contribution is -2.43. The van der Waals surface area contributed by atoms with Crippen molar-refractivity contribution in [3.05, 3.63) is 35.9 Å². The molecule has 1 aliphatic rings. The summed E-state index contributed by atoms with van der Waals surface area (Å²) in [4.78, 5) is 26.3. The number of carbonyl (C=O) groups is 2. The highest BCUT2D eigenvalue weighted by molar-refractivity contribution is 5.97. The van der Waals surface area contributed by atoms with Crippen molar-refractivity contribution in [3.63, 3.8) is 0 Å². The van der Waals surface area contributed by atoms with Crippen LogP contribution in [-0.2, 0) is 9.53 Å². The summed E-state index contributed by atoms with van der Waals surface area (Å²) in [6.45, 7) is 6.12. The minimum atomic E-state index is -0.527. The lowest BCUT2D eigenvalue weighted by molar-refractivity contribution is -0.159. The molecule has 1 atom stereocenters. The quantitative estimate of drug-likeness (QED) is 0.779. The number of carbonyl (C=O) groups excluding carboxylic acids is 2. The number of amides is 1. The van der Waals surface area contributed by atoms with Gasteiger partial charge in [0, 0.05) is 12.1 Å². The maximum Gasteiger partial charge on any atom is 0.329 e. The molecule has 108 valence electrons. The normalized spacial score (nSPS) is 18.9. The van der Waals surface area contributed by atoms with Crippen LogP contribution in [0.2, 0.25) is 0 Å². The number of esters is 1. The smallest absolute Gasteiger partial charge is 0.329 e. The van der Waals surface area contributed by atoms with Gasteiger partial charge in [0.2, 0.25) is 0 Å². The average molecular weight is 275 g/mol. The zero-order valence-electron chi connectivity index (χ0n) is 12.3. The molecule has 0 saturated carbocycles. The Morgan fingerprint density at radius 3 is 2.45 bits per heavy atom. The third-order valence-corrected chi connectivity index (χ3v) is 3.21. The topological polar surface area (TPSA) is 46.6 Å². The molecule has 4 heteroatoms. The molecule has 20 heavy (non-hydrogen) atoms. The second-order valence-electron chi connectivity index (χ2n) is 6.06. The molecule has 2 rings (SSSR count). The van der Waals surface area contributed by atoms with Crippen LogP contribution in [0.1, 0.15) is 44.0 Å². The van der Waals surface area contributed by atoms with Gasteiger partial charge in [-0.1, -0.05) is 18.2 Å². The van der Waals surface area contributed by atoms with Gasteiger partial charge in [0.1, 0.15) is 11.6 Å². The summed E-state index contributed by atoms with van der Waals surface area (Å²) in [7, 11) is 0. The molecule has 1 heterocycles. The van der Waals surface area contributed by atoms with Crippen molar-refractivity contribution in [3.8, 4) is 0 Å². The van der Waals surface area contributed by atoms with Gasteiger partial charge in [-0.2, -0.15) is 0 Å². The standard InChI is InChI=1S/C16H21NO3/c1-16(2,3)20-15(19)13-10-7-11-17(13)14(18)12-8-5-4-6-9-12/h4-6,8-9,13H,7,10-11H2,1-3H3. The lowest BCUT2D eigenvalue weighted by atomic mass is 10.1. The van der Waals surface area contributed by atoms with Crippen molar-refractivity contribution in [2.45, 2.75) is 45.3 Å². The minimum Gasteiger partial charge on any atom is -0.458 e. The largest absolute Gasteiger partial charge is 0.458 e. The second-order valence-corrected chi connectivity index (χ2v) is 6.06. The van der Waals surface area contributed by atoms with Crippen molar-refractivity contribution in [1.82, 2.24) is 4.90 Å². The molecule has 0 aromatic heterocycles. The molecule has 0 bridgehead atoms. The number of nitrogens with zero attached hydrogens (tertiary/aromatic N) is 1. The summed E-state index contributed by atoms with van der Waals surface area (Å²) < 4.78 is 5.41. The van der Waals surface area contributed by atoms with Gasteiger partial charge in [0.25, 0.3) is 5.91 Å². The Balaban J connectivity index is 2.11. The van der Waals surface area contributed by atoms with Crippen LogP contribution in [0.15, 0.2) is 30.3 Å². The molecule has 1 aromatic rings. The van der Waals surface area contributed by atoms with E-state index in [1.54, 1.807) is 17.0 Å². The van der Waals surface area contributed by atoms with E-state index in [9.17, 15) is 9.59 Å². The van der Waals surface area contributed by atoms with Crippen LogP contribution in [0, 0.1) is 0 Å². The molecule has 1 unspecified atom stereocenters. The summed E-state index contributed by atoms with van der Waals surface area (Å²) in [6, 6.07) is 8.60. The molecule has 0 spiro atoms. The van der Waals surface area contributed by atoms with E-state index in [0.717, 1.165) is 6.42 Å². The summed E-state index contributed by atoms with van der Waals surface area (Å²) in [5, 5.41) is 0. The summed E-state index contributed by atoms with van der Waals surface area (Å²) in [5.74, 6) is -0.404. The molecule has 0 N–H and O–H groups in total. The Labute approximate surface area is 119 Å². The molecule has 1 fully saturated rings. The third-order valence-electron chi connectivity index (χ3n) is 3.21.